The second-order valence-electron chi connectivity index (χ2n) is 5.67. The zero-order valence-corrected chi connectivity index (χ0v) is 14.5. The molecule has 110 valence electrons. The average molecular weight is 365 g/mol. The number of hydrogen-bond donors (Lipinski definition) is 0. The Bertz CT molecular complexity index is 618. The number of likely N-dealkylation sites (tertiary alicyclic amines) is 1. The van der Waals surface area contributed by atoms with Crippen LogP contribution in [0.3, 0.4) is 0 Å². The number of hydrogen-bond acceptors (Lipinski definition) is 1. The van der Waals surface area contributed by atoms with E-state index in [4.69, 9.17) is 11.6 Å². The summed E-state index contributed by atoms with van der Waals surface area (Å²) in [7, 11) is 0. The summed E-state index contributed by atoms with van der Waals surface area (Å²) in [5.74, 6) is 0. The predicted molar refractivity (Wildman–Crippen MR) is 93.8 cm³/mol. The standard InChI is InChI=1S/C18H19BrClN/c1-13(21-10-2-3-11-21)14-4-6-15(7-5-14)16-8-9-17(19)18(20)12-16/h4-9,12-13H,2-3,10-11H2,1H3. The Morgan fingerprint density at radius 3 is 2.24 bits per heavy atom. The maximum Gasteiger partial charge on any atom is 0.0554 e. The van der Waals surface area contributed by atoms with E-state index in [1.54, 1.807) is 0 Å². The zero-order chi connectivity index (χ0) is 14.8. The van der Waals surface area contributed by atoms with Crippen LogP contribution in [0.2, 0.25) is 5.02 Å². The van der Waals surface area contributed by atoms with Gasteiger partial charge < -0.3 is 0 Å². The van der Waals surface area contributed by atoms with Crippen molar-refractivity contribution in [3.05, 3.63) is 57.5 Å². The Hall–Kier alpha value is -0.830. The molecule has 2 aromatic rings. The number of rotatable bonds is 3. The average Bonchev–Trinajstić information content (AvgIpc) is 3.04. The number of halogens is 2. The molecule has 1 fully saturated rings. The minimum Gasteiger partial charge on any atom is -0.297 e. The molecule has 1 atom stereocenters. The van der Waals surface area contributed by atoms with Crippen LogP contribution in [0.1, 0.15) is 31.4 Å². The van der Waals surface area contributed by atoms with Gasteiger partial charge in [0.05, 0.1) is 5.02 Å². The molecule has 0 bridgehead atoms. The van der Waals surface area contributed by atoms with Gasteiger partial charge in [-0.2, -0.15) is 0 Å². The van der Waals surface area contributed by atoms with Gasteiger partial charge in [0.1, 0.15) is 0 Å². The molecule has 1 unspecified atom stereocenters. The molecule has 21 heavy (non-hydrogen) atoms. The molecule has 1 heterocycles. The highest BCUT2D eigenvalue weighted by molar-refractivity contribution is 9.10. The van der Waals surface area contributed by atoms with Gasteiger partial charge >= 0.3 is 0 Å². The van der Waals surface area contributed by atoms with Gasteiger partial charge in [-0.15, -0.1) is 0 Å². The Labute approximate surface area is 140 Å². The minimum atomic E-state index is 0.509. The van der Waals surface area contributed by atoms with E-state index in [0.717, 1.165) is 15.1 Å². The zero-order valence-electron chi connectivity index (χ0n) is 12.2. The molecule has 0 aliphatic carbocycles. The maximum absolute atomic E-state index is 6.18. The molecule has 0 saturated carbocycles. The lowest BCUT2D eigenvalue weighted by Crippen LogP contribution is -2.23. The van der Waals surface area contributed by atoms with E-state index in [1.807, 2.05) is 12.1 Å². The van der Waals surface area contributed by atoms with Crippen molar-refractivity contribution in [2.24, 2.45) is 0 Å². The Morgan fingerprint density at radius 2 is 1.62 bits per heavy atom. The molecular formula is C18H19BrClN. The minimum absolute atomic E-state index is 0.509. The van der Waals surface area contributed by atoms with Crippen LogP contribution in [0.25, 0.3) is 11.1 Å². The van der Waals surface area contributed by atoms with Gasteiger partial charge in [-0.3, -0.25) is 4.90 Å². The molecule has 0 spiro atoms. The number of nitrogens with zero attached hydrogens (tertiary/aromatic N) is 1. The first-order chi connectivity index (χ1) is 10.1. The highest BCUT2D eigenvalue weighted by Gasteiger charge is 2.19. The summed E-state index contributed by atoms with van der Waals surface area (Å²) in [4.78, 5) is 2.56. The van der Waals surface area contributed by atoms with Gasteiger partial charge in [0, 0.05) is 10.5 Å². The summed E-state index contributed by atoms with van der Waals surface area (Å²) in [6, 6.07) is 15.5. The van der Waals surface area contributed by atoms with E-state index in [1.165, 1.54) is 37.1 Å². The first kappa shape index (κ1) is 15.1. The lowest BCUT2D eigenvalue weighted by molar-refractivity contribution is 0.263. The predicted octanol–water partition coefficient (Wildman–Crippen LogP) is 5.93. The van der Waals surface area contributed by atoms with Crippen LogP contribution in [-0.2, 0) is 0 Å². The van der Waals surface area contributed by atoms with Crippen molar-refractivity contribution < 1.29 is 0 Å². The Kier molecular flexibility index (Phi) is 4.68. The van der Waals surface area contributed by atoms with E-state index in [0.29, 0.717) is 6.04 Å². The molecule has 0 aromatic heterocycles. The SMILES string of the molecule is CC(c1ccc(-c2ccc(Br)c(Cl)c2)cc1)N1CCCC1. The topological polar surface area (TPSA) is 3.24 Å². The van der Waals surface area contributed by atoms with Crippen molar-refractivity contribution in [1.29, 1.82) is 0 Å². The van der Waals surface area contributed by atoms with Crippen LogP contribution in [0, 0.1) is 0 Å². The largest absolute Gasteiger partial charge is 0.297 e. The summed E-state index contributed by atoms with van der Waals surface area (Å²) in [6.45, 7) is 4.76. The molecule has 3 heteroatoms. The van der Waals surface area contributed by atoms with Gasteiger partial charge in [0.25, 0.3) is 0 Å². The van der Waals surface area contributed by atoms with Crippen molar-refractivity contribution in [2.45, 2.75) is 25.8 Å². The molecule has 0 N–H and O–H groups in total. The normalized spacial score (nSPS) is 17.1. The van der Waals surface area contributed by atoms with E-state index < -0.39 is 0 Å². The van der Waals surface area contributed by atoms with Crippen LogP contribution in [0.15, 0.2) is 46.9 Å². The van der Waals surface area contributed by atoms with Crippen molar-refractivity contribution in [3.63, 3.8) is 0 Å². The van der Waals surface area contributed by atoms with Gasteiger partial charge in [-0.05, 0) is 77.6 Å². The van der Waals surface area contributed by atoms with Gasteiger partial charge in [-0.25, -0.2) is 0 Å². The van der Waals surface area contributed by atoms with Crippen LogP contribution >= 0.6 is 27.5 Å². The fourth-order valence-corrected chi connectivity index (χ4v) is 3.40. The third-order valence-corrected chi connectivity index (χ3v) is 5.57. The van der Waals surface area contributed by atoms with Gasteiger partial charge in [0.15, 0.2) is 0 Å². The lowest BCUT2D eigenvalue weighted by Gasteiger charge is -2.24. The fourth-order valence-electron chi connectivity index (χ4n) is 2.97. The van der Waals surface area contributed by atoms with Gasteiger partial charge in [0.2, 0.25) is 0 Å². The molecule has 1 nitrogen and oxygen atoms in total. The molecule has 1 saturated heterocycles. The Morgan fingerprint density at radius 1 is 1.00 bits per heavy atom. The van der Waals surface area contributed by atoms with Crippen molar-refractivity contribution in [3.8, 4) is 11.1 Å². The molecule has 1 aliphatic heterocycles. The quantitative estimate of drug-likeness (QED) is 0.652. The molecule has 2 aromatic carbocycles. The highest BCUT2D eigenvalue weighted by atomic mass is 79.9. The molecule has 1 aliphatic rings. The maximum atomic E-state index is 6.18. The lowest BCUT2D eigenvalue weighted by atomic mass is 10.0. The van der Waals surface area contributed by atoms with Crippen LogP contribution < -0.4 is 0 Å². The number of benzene rings is 2. The second kappa shape index (κ2) is 6.51. The van der Waals surface area contributed by atoms with Crippen molar-refractivity contribution in [2.75, 3.05) is 13.1 Å². The summed E-state index contributed by atoms with van der Waals surface area (Å²) in [6.07, 6.45) is 2.67. The molecule has 0 amide bonds. The van der Waals surface area contributed by atoms with Crippen molar-refractivity contribution in [1.82, 2.24) is 4.90 Å². The summed E-state index contributed by atoms with van der Waals surface area (Å²) in [5.41, 5.74) is 3.76. The van der Waals surface area contributed by atoms with E-state index >= 15 is 0 Å². The van der Waals surface area contributed by atoms with Crippen LogP contribution in [0.4, 0.5) is 0 Å². The van der Waals surface area contributed by atoms with E-state index in [-0.39, 0.29) is 0 Å². The first-order valence-corrected chi connectivity index (χ1v) is 8.62. The third kappa shape index (κ3) is 3.33. The molecular weight excluding hydrogens is 346 g/mol. The summed E-state index contributed by atoms with van der Waals surface area (Å²) in [5, 5.41) is 0.752. The summed E-state index contributed by atoms with van der Waals surface area (Å²) < 4.78 is 0.937. The third-order valence-electron chi connectivity index (χ3n) is 4.33. The summed E-state index contributed by atoms with van der Waals surface area (Å²) >= 11 is 9.61. The fraction of sp³-hybridized carbons (Fsp3) is 0.333. The second-order valence-corrected chi connectivity index (χ2v) is 6.93. The van der Waals surface area contributed by atoms with Gasteiger partial charge in [-0.1, -0.05) is 41.9 Å². The smallest absolute Gasteiger partial charge is 0.0554 e. The van der Waals surface area contributed by atoms with Crippen LogP contribution in [0.5, 0.6) is 0 Å². The molecule has 0 radical (unpaired) electrons. The van der Waals surface area contributed by atoms with Crippen LogP contribution in [-0.4, -0.2) is 18.0 Å². The van der Waals surface area contributed by atoms with Crippen molar-refractivity contribution >= 4 is 27.5 Å². The Balaban J connectivity index is 1.81. The molecule has 3 rings (SSSR count). The van der Waals surface area contributed by atoms with E-state index in [9.17, 15) is 0 Å². The monoisotopic (exact) mass is 363 g/mol. The highest BCUT2D eigenvalue weighted by Crippen LogP contribution is 2.30. The first-order valence-electron chi connectivity index (χ1n) is 7.44. The van der Waals surface area contributed by atoms with E-state index in [2.05, 4.69) is 58.1 Å².